The predicted octanol–water partition coefficient (Wildman–Crippen LogP) is 2.85. The van der Waals surface area contributed by atoms with Gasteiger partial charge in [-0.15, -0.1) is 0 Å². The van der Waals surface area contributed by atoms with Gasteiger partial charge in [-0.25, -0.2) is 4.79 Å². The number of ether oxygens (including phenoxy) is 1. The van der Waals surface area contributed by atoms with Crippen molar-refractivity contribution in [2.24, 2.45) is 0 Å². The van der Waals surface area contributed by atoms with Gasteiger partial charge in [-0.2, -0.15) is 0 Å². The lowest BCUT2D eigenvalue weighted by molar-refractivity contribution is -0.141. The van der Waals surface area contributed by atoms with Gasteiger partial charge in [0.1, 0.15) is 6.10 Å². The van der Waals surface area contributed by atoms with Crippen LogP contribution in [0.4, 0.5) is 0 Å². The highest BCUT2D eigenvalue weighted by molar-refractivity contribution is 5.87. The summed E-state index contributed by atoms with van der Waals surface area (Å²) in [7, 11) is 0. The molecule has 0 aliphatic rings. The van der Waals surface area contributed by atoms with Crippen molar-refractivity contribution < 1.29 is 9.53 Å². The summed E-state index contributed by atoms with van der Waals surface area (Å²) in [5, 5.41) is 0. The van der Waals surface area contributed by atoms with Gasteiger partial charge in [-0.3, -0.25) is 0 Å². The zero-order valence-corrected chi connectivity index (χ0v) is 9.10. The average Bonchev–Trinajstić information content (AvgIpc) is 2.02. The summed E-state index contributed by atoms with van der Waals surface area (Å²) in [6, 6.07) is 0. The van der Waals surface area contributed by atoms with Gasteiger partial charge in [0.2, 0.25) is 0 Å². The first-order valence-corrected chi connectivity index (χ1v) is 4.36. The predicted molar refractivity (Wildman–Crippen MR) is 54.4 cm³/mol. The maximum absolute atomic E-state index is 11.1. The van der Waals surface area contributed by atoms with Crippen LogP contribution in [-0.2, 0) is 9.53 Å². The lowest BCUT2D eigenvalue weighted by Crippen LogP contribution is -2.16. The standard InChI is InChI=1S/C11H18O2/c1-7(2)9(5)10(6)13-11(12)8(3)4/h10H,3H2,1-2,4-6H3. The number of allylic oxidation sites excluding steroid dienone is 1. The molecule has 0 saturated heterocycles. The maximum Gasteiger partial charge on any atom is 0.333 e. The fourth-order valence-electron chi connectivity index (χ4n) is 0.756. The van der Waals surface area contributed by atoms with Crippen LogP contribution < -0.4 is 0 Å². The Hall–Kier alpha value is -1.05. The van der Waals surface area contributed by atoms with Crippen LogP contribution in [0.5, 0.6) is 0 Å². The molecule has 74 valence electrons. The quantitative estimate of drug-likeness (QED) is 0.381. The smallest absolute Gasteiger partial charge is 0.333 e. The van der Waals surface area contributed by atoms with Gasteiger partial charge in [0.15, 0.2) is 0 Å². The molecule has 0 aromatic heterocycles. The number of hydrogen-bond donors (Lipinski definition) is 0. The van der Waals surface area contributed by atoms with Crippen molar-refractivity contribution in [3.8, 4) is 0 Å². The van der Waals surface area contributed by atoms with Crippen LogP contribution >= 0.6 is 0 Å². The third-order valence-electron chi connectivity index (χ3n) is 2.03. The Morgan fingerprint density at radius 3 is 2.00 bits per heavy atom. The second kappa shape index (κ2) is 4.85. The van der Waals surface area contributed by atoms with E-state index in [9.17, 15) is 4.79 Å². The molecular formula is C11H18O2. The first-order chi connectivity index (χ1) is 5.86. The first kappa shape index (κ1) is 11.9. The summed E-state index contributed by atoms with van der Waals surface area (Å²) < 4.78 is 5.14. The molecule has 0 fully saturated rings. The highest BCUT2D eigenvalue weighted by Crippen LogP contribution is 2.12. The van der Waals surface area contributed by atoms with Gasteiger partial charge in [0, 0.05) is 5.57 Å². The topological polar surface area (TPSA) is 26.3 Å². The van der Waals surface area contributed by atoms with E-state index in [1.807, 2.05) is 27.7 Å². The molecule has 2 heteroatoms. The molecule has 0 aromatic carbocycles. The molecule has 1 atom stereocenters. The molecule has 0 aliphatic heterocycles. The van der Waals surface area contributed by atoms with Crippen molar-refractivity contribution in [3.05, 3.63) is 23.3 Å². The van der Waals surface area contributed by atoms with Gasteiger partial charge in [0.25, 0.3) is 0 Å². The number of esters is 1. The summed E-state index contributed by atoms with van der Waals surface area (Å²) >= 11 is 0. The van der Waals surface area contributed by atoms with Crippen LogP contribution in [0.2, 0.25) is 0 Å². The van der Waals surface area contributed by atoms with Crippen LogP contribution in [0.15, 0.2) is 23.3 Å². The Labute approximate surface area is 80.3 Å². The zero-order chi connectivity index (χ0) is 10.6. The molecule has 0 heterocycles. The van der Waals surface area contributed by atoms with Crippen molar-refractivity contribution in [1.29, 1.82) is 0 Å². The Morgan fingerprint density at radius 1 is 1.23 bits per heavy atom. The second-order valence-corrected chi connectivity index (χ2v) is 3.51. The number of carbonyl (C=O) groups is 1. The molecule has 1 unspecified atom stereocenters. The molecule has 0 bridgehead atoms. The van der Waals surface area contributed by atoms with Crippen LogP contribution in [0.3, 0.4) is 0 Å². The van der Waals surface area contributed by atoms with Gasteiger partial charge < -0.3 is 4.74 Å². The van der Waals surface area contributed by atoms with Crippen molar-refractivity contribution in [2.75, 3.05) is 0 Å². The van der Waals surface area contributed by atoms with E-state index in [-0.39, 0.29) is 12.1 Å². The van der Waals surface area contributed by atoms with Gasteiger partial charge >= 0.3 is 5.97 Å². The Balaban J connectivity index is 4.33. The monoisotopic (exact) mass is 182 g/mol. The van der Waals surface area contributed by atoms with E-state index in [1.54, 1.807) is 6.92 Å². The highest BCUT2D eigenvalue weighted by atomic mass is 16.5. The van der Waals surface area contributed by atoms with Gasteiger partial charge in [0.05, 0.1) is 0 Å². The van der Waals surface area contributed by atoms with Crippen molar-refractivity contribution in [3.63, 3.8) is 0 Å². The molecule has 0 aliphatic carbocycles. The minimum atomic E-state index is -0.326. The van der Waals surface area contributed by atoms with Crippen molar-refractivity contribution in [2.45, 2.75) is 40.7 Å². The van der Waals surface area contributed by atoms with Crippen molar-refractivity contribution in [1.82, 2.24) is 0 Å². The molecule has 0 spiro atoms. The van der Waals surface area contributed by atoms with E-state index in [2.05, 4.69) is 6.58 Å². The summed E-state index contributed by atoms with van der Waals surface area (Å²) in [5.74, 6) is -0.326. The maximum atomic E-state index is 11.1. The molecule has 0 rings (SSSR count). The van der Waals surface area contributed by atoms with Crippen LogP contribution in [0, 0.1) is 0 Å². The minimum Gasteiger partial charge on any atom is -0.455 e. The number of hydrogen-bond acceptors (Lipinski definition) is 2. The highest BCUT2D eigenvalue weighted by Gasteiger charge is 2.11. The molecular weight excluding hydrogens is 164 g/mol. The molecule has 0 amide bonds. The molecule has 0 radical (unpaired) electrons. The minimum absolute atomic E-state index is 0.158. The summed E-state index contributed by atoms with van der Waals surface area (Å²) in [5.41, 5.74) is 2.71. The molecule has 0 N–H and O–H groups in total. The largest absolute Gasteiger partial charge is 0.455 e. The third-order valence-corrected chi connectivity index (χ3v) is 2.03. The van der Waals surface area contributed by atoms with Crippen LogP contribution in [0.1, 0.15) is 34.6 Å². The van der Waals surface area contributed by atoms with Crippen LogP contribution in [0.25, 0.3) is 0 Å². The SMILES string of the molecule is C=C(C)C(=O)OC(C)C(C)=C(C)C. The average molecular weight is 182 g/mol. The summed E-state index contributed by atoms with van der Waals surface area (Å²) in [6.45, 7) is 13.0. The molecule has 2 nitrogen and oxygen atoms in total. The Morgan fingerprint density at radius 2 is 1.69 bits per heavy atom. The number of rotatable bonds is 3. The summed E-state index contributed by atoms with van der Waals surface area (Å²) in [6.07, 6.45) is -0.158. The Bertz CT molecular complexity index is 245. The van der Waals surface area contributed by atoms with E-state index in [0.29, 0.717) is 5.57 Å². The second-order valence-electron chi connectivity index (χ2n) is 3.51. The number of carbonyl (C=O) groups excluding carboxylic acids is 1. The normalized spacial score (nSPS) is 11.8. The zero-order valence-electron chi connectivity index (χ0n) is 9.10. The fraction of sp³-hybridized carbons (Fsp3) is 0.545. The van der Waals surface area contributed by atoms with E-state index < -0.39 is 0 Å². The Kier molecular flexibility index (Phi) is 4.46. The van der Waals surface area contributed by atoms with E-state index in [1.165, 1.54) is 5.57 Å². The first-order valence-electron chi connectivity index (χ1n) is 4.36. The summed E-state index contributed by atoms with van der Waals surface area (Å²) in [4.78, 5) is 11.1. The van der Waals surface area contributed by atoms with Gasteiger partial charge in [-0.1, -0.05) is 12.2 Å². The van der Waals surface area contributed by atoms with E-state index in [0.717, 1.165) is 5.57 Å². The van der Waals surface area contributed by atoms with Gasteiger partial charge in [-0.05, 0) is 40.2 Å². The van der Waals surface area contributed by atoms with E-state index in [4.69, 9.17) is 4.74 Å². The third kappa shape index (κ3) is 3.92. The van der Waals surface area contributed by atoms with Crippen LogP contribution in [-0.4, -0.2) is 12.1 Å². The molecule has 0 aromatic rings. The van der Waals surface area contributed by atoms with Crippen molar-refractivity contribution >= 4 is 5.97 Å². The lowest BCUT2D eigenvalue weighted by Gasteiger charge is -2.15. The fourth-order valence-corrected chi connectivity index (χ4v) is 0.756. The lowest BCUT2D eigenvalue weighted by atomic mass is 10.1. The molecule has 0 saturated carbocycles. The van der Waals surface area contributed by atoms with E-state index >= 15 is 0 Å². The molecule has 13 heavy (non-hydrogen) atoms.